The van der Waals surface area contributed by atoms with Crippen molar-refractivity contribution in [3.63, 3.8) is 0 Å². The van der Waals surface area contributed by atoms with Gasteiger partial charge in [0.15, 0.2) is 0 Å². The molecule has 3 heterocycles. The number of nitrogens with two attached hydrogens (primary N) is 1. The zero-order valence-corrected chi connectivity index (χ0v) is 10.4. The molecule has 18 heavy (non-hydrogen) atoms. The number of thiophene rings is 1. The Hall–Kier alpha value is -2.14. The molecule has 3 rings (SSSR count). The second kappa shape index (κ2) is 4.27. The zero-order valence-electron chi connectivity index (χ0n) is 9.63. The van der Waals surface area contributed by atoms with Crippen LogP contribution in [0.1, 0.15) is 10.4 Å². The maximum Gasteiger partial charge on any atom is 0.123 e. The van der Waals surface area contributed by atoms with E-state index in [0.29, 0.717) is 0 Å². The van der Waals surface area contributed by atoms with Crippen molar-refractivity contribution in [1.29, 1.82) is 5.41 Å². The maximum absolute atomic E-state index is 7.40. The summed E-state index contributed by atoms with van der Waals surface area (Å²) in [5.74, 6) is 0.124. The van der Waals surface area contributed by atoms with Gasteiger partial charge in [-0.25, -0.2) is 0 Å². The molecule has 0 amide bonds. The third-order valence-corrected chi connectivity index (χ3v) is 3.78. The van der Waals surface area contributed by atoms with Crippen molar-refractivity contribution in [2.75, 3.05) is 0 Å². The van der Waals surface area contributed by atoms with Gasteiger partial charge >= 0.3 is 0 Å². The van der Waals surface area contributed by atoms with Crippen LogP contribution in [0, 0.1) is 5.41 Å². The van der Waals surface area contributed by atoms with Crippen LogP contribution in [-0.2, 0) is 6.54 Å². The van der Waals surface area contributed by atoms with Crippen LogP contribution in [0.4, 0.5) is 0 Å². The normalized spacial score (nSPS) is 10.9. The molecule has 0 aromatic carbocycles. The van der Waals surface area contributed by atoms with Gasteiger partial charge < -0.3 is 10.3 Å². The third-order valence-electron chi connectivity index (χ3n) is 2.86. The fraction of sp³-hybridized carbons (Fsp3) is 0.0769. The number of nitrogens with one attached hydrogen (secondary N) is 1. The predicted octanol–water partition coefficient (Wildman–Crippen LogP) is 2.43. The molecule has 0 aliphatic carbocycles. The van der Waals surface area contributed by atoms with Crippen LogP contribution < -0.4 is 5.73 Å². The van der Waals surface area contributed by atoms with E-state index in [1.54, 1.807) is 17.5 Å². The van der Waals surface area contributed by atoms with Crippen molar-refractivity contribution < 1.29 is 0 Å². The molecule has 0 radical (unpaired) electrons. The third kappa shape index (κ3) is 1.89. The second-order valence-corrected chi connectivity index (χ2v) is 5.09. The molecule has 0 aliphatic heterocycles. The van der Waals surface area contributed by atoms with Crippen LogP contribution in [0.3, 0.4) is 0 Å². The molecule has 0 unspecified atom stereocenters. The average Bonchev–Trinajstić information content (AvgIpc) is 2.98. The maximum atomic E-state index is 7.40. The smallest absolute Gasteiger partial charge is 0.123 e. The summed E-state index contributed by atoms with van der Waals surface area (Å²) in [6.45, 7) is 0.797. The molecule has 0 bridgehead atoms. The molecule has 0 saturated carbocycles. The highest BCUT2D eigenvalue weighted by molar-refractivity contribution is 7.10. The van der Waals surface area contributed by atoms with E-state index in [9.17, 15) is 0 Å². The largest absolute Gasteiger partial charge is 0.384 e. The van der Waals surface area contributed by atoms with Gasteiger partial charge in [-0.1, -0.05) is 0 Å². The van der Waals surface area contributed by atoms with Crippen molar-refractivity contribution in [3.8, 4) is 0 Å². The Kier molecular flexibility index (Phi) is 2.60. The quantitative estimate of drug-likeness (QED) is 0.558. The van der Waals surface area contributed by atoms with Crippen molar-refractivity contribution in [2.24, 2.45) is 5.73 Å². The molecule has 0 atom stereocenters. The number of amidine groups is 1. The van der Waals surface area contributed by atoms with Crippen LogP contribution in [0.25, 0.3) is 10.9 Å². The fourth-order valence-corrected chi connectivity index (χ4v) is 2.83. The summed E-state index contributed by atoms with van der Waals surface area (Å²) in [6.07, 6.45) is 5.72. The van der Waals surface area contributed by atoms with E-state index in [1.807, 2.05) is 23.7 Å². The Morgan fingerprint density at radius 1 is 1.44 bits per heavy atom. The molecule has 3 aromatic heterocycles. The zero-order chi connectivity index (χ0) is 12.5. The monoisotopic (exact) mass is 256 g/mol. The van der Waals surface area contributed by atoms with Gasteiger partial charge in [0.05, 0.1) is 12.1 Å². The number of aromatic nitrogens is 2. The van der Waals surface area contributed by atoms with Crippen LogP contribution in [0.15, 0.2) is 42.2 Å². The minimum absolute atomic E-state index is 0.124. The van der Waals surface area contributed by atoms with Crippen molar-refractivity contribution in [3.05, 3.63) is 52.6 Å². The van der Waals surface area contributed by atoms with E-state index in [1.165, 1.54) is 10.4 Å². The first-order chi connectivity index (χ1) is 8.74. The highest BCUT2D eigenvalue weighted by atomic mass is 32.1. The van der Waals surface area contributed by atoms with Gasteiger partial charge in [-0.3, -0.25) is 10.4 Å². The van der Waals surface area contributed by atoms with Gasteiger partial charge in [-0.15, -0.1) is 11.3 Å². The minimum Gasteiger partial charge on any atom is -0.384 e. The van der Waals surface area contributed by atoms with Gasteiger partial charge in [0.25, 0.3) is 0 Å². The molecule has 0 fully saturated rings. The Morgan fingerprint density at radius 3 is 3.11 bits per heavy atom. The summed E-state index contributed by atoms with van der Waals surface area (Å²) in [7, 11) is 0. The van der Waals surface area contributed by atoms with Crippen molar-refractivity contribution in [2.45, 2.75) is 6.54 Å². The fourth-order valence-electron chi connectivity index (χ4n) is 1.95. The first-order valence-electron chi connectivity index (χ1n) is 5.55. The van der Waals surface area contributed by atoms with Crippen LogP contribution >= 0.6 is 11.3 Å². The van der Waals surface area contributed by atoms with Crippen molar-refractivity contribution >= 4 is 28.1 Å². The Bertz CT molecular complexity index is 710. The van der Waals surface area contributed by atoms with Crippen molar-refractivity contribution in [1.82, 2.24) is 9.55 Å². The number of nitrogens with zero attached hydrogens (tertiary/aromatic N) is 2. The number of nitrogen functional groups attached to an aromatic ring is 1. The van der Waals surface area contributed by atoms with Gasteiger partial charge in [0.1, 0.15) is 5.84 Å². The Labute approximate surface area is 108 Å². The summed E-state index contributed by atoms with van der Waals surface area (Å²) < 4.78 is 2.17. The molecule has 5 heteroatoms. The lowest BCUT2D eigenvalue weighted by Gasteiger charge is -2.02. The molecule has 4 nitrogen and oxygen atoms in total. The lowest BCUT2D eigenvalue weighted by molar-refractivity contribution is 0.851. The molecule has 0 spiro atoms. The highest BCUT2D eigenvalue weighted by Crippen LogP contribution is 2.19. The standard InChI is InChI=1S/C13H12N4S/c14-13(15)10-5-11(18-8-10)7-17-4-2-9-6-16-3-1-12(9)17/h1-6,8H,7H2,(H3,14,15). The number of pyridine rings is 1. The second-order valence-electron chi connectivity index (χ2n) is 4.09. The van der Waals surface area contributed by atoms with Crippen LogP contribution in [0.2, 0.25) is 0 Å². The average molecular weight is 256 g/mol. The molecule has 90 valence electrons. The molecule has 3 N–H and O–H groups in total. The highest BCUT2D eigenvalue weighted by Gasteiger charge is 2.05. The molecule has 3 aromatic rings. The summed E-state index contributed by atoms with van der Waals surface area (Å²) >= 11 is 1.63. The Morgan fingerprint density at radius 2 is 2.33 bits per heavy atom. The summed E-state index contributed by atoms with van der Waals surface area (Å²) in [5.41, 5.74) is 7.43. The van der Waals surface area contributed by atoms with E-state index in [0.717, 1.165) is 17.5 Å². The summed E-state index contributed by atoms with van der Waals surface area (Å²) in [6, 6.07) is 6.04. The summed E-state index contributed by atoms with van der Waals surface area (Å²) in [5, 5.41) is 10.5. The first kappa shape index (κ1) is 11.0. The number of fused-ring (bicyclic) bond motifs is 1. The van der Waals surface area contributed by atoms with E-state index < -0.39 is 0 Å². The molecule has 0 aliphatic rings. The van der Waals surface area contributed by atoms with Gasteiger partial charge in [0, 0.05) is 39.8 Å². The molecular weight excluding hydrogens is 244 g/mol. The van der Waals surface area contributed by atoms with Crippen LogP contribution in [0.5, 0.6) is 0 Å². The van der Waals surface area contributed by atoms with Gasteiger partial charge in [-0.05, 0) is 18.2 Å². The predicted molar refractivity (Wildman–Crippen MR) is 74.2 cm³/mol. The van der Waals surface area contributed by atoms with Gasteiger partial charge in [-0.2, -0.15) is 0 Å². The number of hydrogen-bond donors (Lipinski definition) is 2. The Balaban J connectivity index is 1.93. The van der Waals surface area contributed by atoms with E-state index >= 15 is 0 Å². The van der Waals surface area contributed by atoms with E-state index in [-0.39, 0.29) is 5.84 Å². The number of hydrogen-bond acceptors (Lipinski definition) is 3. The van der Waals surface area contributed by atoms with Gasteiger partial charge in [0.2, 0.25) is 0 Å². The van der Waals surface area contributed by atoms with E-state index in [2.05, 4.69) is 21.8 Å². The van der Waals surface area contributed by atoms with Crippen LogP contribution in [-0.4, -0.2) is 15.4 Å². The number of rotatable bonds is 3. The molecular formula is C13H12N4S. The molecule has 0 saturated heterocycles. The topological polar surface area (TPSA) is 67.7 Å². The lowest BCUT2D eigenvalue weighted by atomic mass is 10.3. The summed E-state index contributed by atoms with van der Waals surface area (Å²) in [4.78, 5) is 5.29. The minimum atomic E-state index is 0.124. The SMILES string of the molecule is N=C(N)c1csc(Cn2ccc3cnccc32)c1. The first-order valence-corrected chi connectivity index (χ1v) is 6.42. The lowest BCUT2D eigenvalue weighted by Crippen LogP contribution is -2.09. The van der Waals surface area contributed by atoms with E-state index in [4.69, 9.17) is 11.1 Å².